The molecular weight excluding hydrogens is 1240 g/mol. The first kappa shape index (κ1) is 70.6. The van der Waals surface area contributed by atoms with Crippen molar-refractivity contribution in [2.24, 2.45) is 44.4 Å². The number of aliphatic imine (C=N–C) groups is 2. The number of alkyl carbamates (subject to hydrolysis) is 2. The van der Waals surface area contributed by atoms with E-state index in [0.29, 0.717) is 64.6 Å². The number of nitrogens with one attached hydrogen (secondary N) is 4. The molecule has 1 spiro atoms. The summed E-state index contributed by atoms with van der Waals surface area (Å²) in [5.74, 6) is -4.63. The fourth-order valence-electron chi connectivity index (χ4n) is 13.3. The van der Waals surface area contributed by atoms with Crippen LogP contribution in [-0.4, -0.2) is 138 Å². The molecule has 8 amide bonds. The maximum absolute atomic E-state index is 15.6. The average molecular weight is 1330 g/mol. The van der Waals surface area contributed by atoms with Crippen molar-refractivity contribution < 1.29 is 62.1 Å². The number of guanidine groups is 2. The van der Waals surface area contributed by atoms with Crippen LogP contribution in [0.15, 0.2) is 131 Å². The van der Waals surface area contributed by atoms with Crippen molar-refractivity contribution in [3.8, 4) is 11.5 Å². The van der Waals surface area contributed by atoms with E-state index in [2.05, 4.69) is 31.3 Å². The Morgan fingerprint density at radius 3 is 1.38 bits per heavy atom. The summed E-state index contributed by atoms with van der Waals surface area (Å²) in [6, 6.07) is 28.1. The molecule has 9 rings (SSSR count). The molecule has 0 bridgehead atoms. The molecule has 5 aromatic rings. The Morgan fingerprint density at radius 1 is 0.567 bits per heavy atom. The minimum Gasteiger partial charge on any atom is -0.456 e. The fourth-order valence-corrected chi connectivity index (χ4v) is 13.3. The first-order valence-corrected chi connectivity index (χ1v) is 32.6. The third kappa shape index (κ3) is 15.5. The van der Waals surface area contributed by atoms with Crippen LogP contribution < -0.4 is 60.4 Å². The van der Waals surface area contributed by atoms with E-state index in [1.165, 1.54) is 9.80 Å². The van der Waals surface area contributed by atoms with Crippen molar-refractivity contribution in [1.82, 2.24) is 31.1 Å². The predicted molar refractivity (Wildman–Crippen MR) is 359 cm³/mol. The lowest BCUT2D eigenvalue weighted by atomic mass is 9.70. The third-order valence-corrected chi connectivity index (χ3v) is 19.1. The molecule has 0 aliphatic carbocycles. The van der Waals surface area contributed by atoms with Crippen molar-refractivity contribution in [2.75, 3.05) is 26.2 Å². The van der Waals surface area contributed by atoms with E-state index in [0.717, 1.165) is 0 Å². The van der Waals surface area contributed by atoms with E-state index < -0.39 is 106 Å². The summed E-state index contributed by atoms with van der Waals surface area (Å²) in [5.41, 5.74) is 33.0. The van der Waals surface area contributed by atoms with E-state index in [4.69, 9.17) is 53.3 Å². The lowest BCUT2D eigenvalue weighted by Gasteiger charge is -2.42. The molecule has 8 atom stereocenters. The van der Waals surface area contributed by atoms with Gasteiger partial charge in [0.1, 0.15) is 61.0 Å². The molecule has 2 saturated heterocycles. The Morgan fingerprint density at radius 2 is 0.979 bits per heavy atom. The number of likely N-dealkylation sites (tertiary alicyclic amines) is 2. The molecule has 97 heavy (non-hydrogen) atoms. The van der Waals surface area contributed by atoms with Crippen molar-refractivity contribution in [3.05, 3.63) is 166 Å². The first-order chi connectivity index (χ1) is 46.4. The molecule has 0 unspecified atom stereocenters. The van der Waals surface area contributed by atoms with Crippen LogP contribution >= 0.6 is 0 Å². The molecule has 4 aliphatic rings. The molecule has 27 heteroatoms. The predicted octanol–water partition coefficient (Wildman–Crippen LogP) is 4.21. The summed E-state index contributed by atoms with van der Waals surface area (Å²) in [7, 11) is 0. The molecule has 4 aliphatic heterocycles. The average Bonchev–Trinajstić information content (AvgIpc) is 1.63. The largest absolute Gasteiger partial charge is 0.456 e. The fraction of sp³-hybridized carbons (Fsp3) is 0.414. The van der Waals surface area contributed by atoms with Crippen molar-refractivity contribution in [2.45, 2.75) is 158 Å². The van der Waals surface area contributed by atoms with Gasteiger partial charge in [-0.25, -0.2) is 14.4 Å². The number of benzene rings is 5. The number of carbonyl (C=O) groups excluding carboxylic acids is 9. The van der Waals surface area contributed by atoms with Gasteiger partial charge in [-0.1, -0.05) is 131 Å². The molecule has 4 heterocycles. The van der Waals surface area contributed by atoms with Crippen LogP contribution in [0.2, 0.25) is 0 Å². The maximum Gasteiger partial charge on any atom is 0.408 e. The second-order valence-electron chi connectivity index (χ2n) is 25.2. The number of rotatable bonds is 28. The van der Waals surface area contributed by atoms with Crippen LogP contribution in [0.5, 0.6) is 11.5 Å². The second-order valence-corrected chi connectivity index (χ2v) is 25.2. The summed E-state index contributed by atoms with van der Waals surface area (Å²) in [5, 5.41) is 11.2. The Hall–Kier alpha value is -10.7. The number of nitrogens with zero attached hydrogens (tertiary/aromatic N) is 4. The van der Waals surface area contributed by atoms with Crippen LogP contribution in [0.4, 0.5) is 9.59 Å². The Bertz CT molecular complexity index is 3620. The lowest BCUT2D eigenvalue weighted by Crippen LogP contribution is -2.61. The molecule has 0 aromatic heterocycles. The van der Waals surface area contributed by atoms with Gasteiger partial charge in [-0.15, -0.1) is 0 Å². The minimum absolute atomic E-state index is 0.109. The molecule has 27 nitrogen and oxygen atoms in total. The lowest BCUT2D eigenvalue weighted by molar-refractivity contribution is -0.142. The van der Waals surface area contributed by atoms with Gasteiger partial charge in [0.15, 0.2) is 17.5 Å². The van der Waals surface area contributed by atoms with Crippen LogP contribution in [0.25, 0.3) is 0 Å². The number of hydrogen-bond acceptors (Lipinski definition) is 15. The zero-order valence-corrected chi connectivity index (χ0v) is 54.9. The van der Waals surface area contributed by atoms with Crippen LogP contribution in [0.1, 0.15) is 141 Å². The van der Waals surface area contributed by atoms with E-state index >= 15 is 9.59 Å². The number of nitrogens with two attached hydrogens (primary N) is 6. The first-order valence-electron chi connectivity index (χ1n) is 32.6. The quantitative estimate of drug-likeness (QED) is 0.0110. The zero-order valence-electron chi connectivity index (χ0n) is 54.9. The molecule has 16 N–H and O–H groups in total. The van der Waals surface area contributed by atoms with E-state index in [1.807, 2.05) is 26.0 Å². The zero-order chi connectivity index (χ0) is 69.8. The van der Waals surface area contributed by atoms with Gasteiger partial charge in [-0.05, 0) is 105 Å². The molecule has 0 radical (unpaired) electrons. The molecular formula is C70H86N14O13. The Kier molecular flexibility index (Phi) is 22.4. The van der Waals surface area contributed by atoms with Gasteiger partial charge < -0.3 is 84.4 Å². The van der Waals surface area contributed by atoms with Gasteiger partial charge in [0.05, 0.1) is 5.56 Å². The van der Waals surface area contributed by atoms with Gasteiger partial charge in [-0.3, -0.25) is 38.8 Å². The Labute approximate surface area is 562 Å². The number of carbonyl (C=O) groups is 9. The standard InChI is InChI=1S/C70H86N14O13/c1-5-68(3,55(81-66(92)94-39-41-19-9-7-10-20-41)61(89)83-35-17-27-51(83)59(87)79-49(57(71)85)25-15-33-77-64(73)74)43-29-31-47-53(37-43)96-54-38-44(30-32-48(54)70(47)46-24-14-13-23-45(46)63(91)97-70)69(4,6-2)56(82-67(93)95-40-42-21-11-8-12-22-42)62(90)84-36-18-28-52(84)60(88)80-50(58(72)86)26-16-34-78-65(75)76/h7-14,19-24,29-32,37-38,49-52,55-56H,5-6,15-18,25-28,33-36,39-40H2,1-4H3,(H2,71,85)(H2,72,86)(H,79,87)(H,80,88)(H,81,92)(H,82,93)(H4,73,74,77)(H4,75,76,78)/t49-,50-,51-,52-,55+,56+,68-,69-/m0/s1. The highest BCUT2D eigenvalue weighted by molar-refractivity contribution is 5.98. The highest BCUT2D eigenvalue weighted by Crippen LogP contribution is 2.57. The summed E-state index contributed by atoms with van der Waals surface area (Å²) < 4.78 is 25.2. The molecule has 0 saturated carbocycles. The van der Waals surface area contributed by atoms with E-state index in [9.17, 15) is 33.6 Å². The highest BCUT2D eigenvalue weighted by atomic mass is 16.6. The normalized spacial score (nSPS) is 18.0. The topological polar surface area (TPSA) is 426 Å². The van der Waals surface area contributed by atoms with Gasteiger partial charge in [0, 0.05) is 53.7 Å². The highest BCUT2D eigenvalue weighted by Gasteiger charge is 2.56. The monoisotopic (exact) mass is 1330 g/mol. The molecule has 514 valence electrons. The van der Waals surface area contributed by atoms with Gasteiger partial charge >= 0.3 is 18.2 Å². The second kappa shape index (κ2) is 30.8. The van der Waals surface area contributed by atoms with Crippen molar-refractivity contribution in [1.29, 1.82) is 0 Å². The molecule has 2 fully saturated rings. The van der Waals surface area contributed by atoms with Crippen LogP contribution in [0.3, 0.4) is 0 Å². The number of ether oxygens (including phenoxy) is 4. The van der Waals surface area contributed by atoms with Crippen molar-refractivity contribution in [3.63, 3.8) is 0 Å². The third-order valence-electron chi connectivity index (χ3n) is 19.1. The van der Waals surface area contributed by atoms with Crippen LogP contribution in [0, 0.1) is 0 Å². The number of hydrogen-bond donors (Lipinski definition) is 10. The van der Waals surface area contributed by atoms with Crippen molar-refractivity contribution >= 4 is 65.5 Å². The minimum atomic E-state index is -1.66. The SMILES string of the molecule is CC[C@@](C)(c1ccc2c(c1)Oc1cc([C@](C)(CC)[C@H](NC(=O)OCc3ccccc3)C(=O)N3CCC[C@H]3C(=O)N[C@@H](CCCN=C(N)N)C(N)=O)ccc1C21OC(=O)c2ccccc21)[C@H](NC(=O)OCc1ccccc1)C(=O)N1CCC[C@H]1C(=O)N[C@@H](CCCN=C(N)N)C(N)=O. The van der Waals surface area contributed by atoms with E-state index in [-0.39, 0.29) is 107 Å². The number of esters is 1. The summed E-state index contributed by atoms with van der Waals surface area (Å²) in [6.45, 7) is 7.55. The smallest absolute Gasteiger partial charge is 0.408 e. The Balaban J connectivity index is 1.10. The number of amides is 8. The van der Waals surface area contributed by atoms with Gasteiger partial charge in [0.25, 0.3) is 0 Å². The molecule has 5 aromatic carbocycles. The van der Waals surface area contributed by atoms with E-state index in [1.54, 1.807) is 123 Å². The van der Waals surface area contributed by atoms with Crippen LogP contribution in [-0.2, 0) is 72.6 Å². The maximum atomic E-state index is 15.6. The summed E-state index contributed by atoms with van der Waals surface area (Å²) in [4.78, 5) is 139. The van der Waals surface area contributed by atoms with Gasteiger partial charge in [-0.2, -0.15) is 0 Å². The summed E-state index contributed by atoms with van der Waals surface area (Å²) >= 11 is 0. The summed E-state index contributed by atoms with van der Waals surface area (Å²) in [6.07, 6.45) is 0.599. The number of primary amides is 2. The number of fused-ring (bicyclic) bond motifs is 6. The van der Waals surface area contributed by atoms with Gasteiger partial charge in [0.2, 0.25) is 35.4 Å².